The highest BCUT2D eigenvalue weighted by molar-refractivity contribution is 7.22. The number of halogens is 2. The van der Waals surface area contributed by atoms with Gasteiger partial charge in [0.25, 0.3) is 5.91 Å². The summed E-state index contributed by atoms with van der Waals surface area (Å²) in [5.41, 5.74) is 2.84. The summed E-state index contributed by atoms with van der Waals surface area (Å²) in [6.45, 7) is 3.58. The number of anilines is 1. The first kappa shape index (κ1) is 25.0. The molecule has 0 radical (unpaired) electrons. The molecule has 1 aliphatic rings. The molecule has 1 amide bonds. The van der Waals surface area contributed by atoms with Gasteiger partial charge in [0.1, 0.15) is 5.01 Å². The van der Waals surface area contributed by atoms with E-state index in [2.05, 4.69) is 9.97 Å². The molecule has 0 bridgehead atoms. The minimum absolute atomic E-state index is 0.103. The van der Waals surface area contributed by atoms with E-state index in [4.69, 9.17) is 0 Å². The zero-order valence-electron chi connectivity index (χ0n) is 20.6. The van der Waals surface area contributed by atoms with E-state index in [1.54, 1.807) is 19.1 Å². The number of nitrogens with zero attached hydrogens (tertiary/aromatic N) is 3. The van der Waals surface area contributed by atoms with Crippen molar-refractivity contribution in [3.05, 3.63) is 111 Å². The van der Waals surface area contributed by atoms with Crippen LogP contribution in [0.25, 0.3) is 20.8 Å². The van der Waals surface area contributed by atoms with Crippen LogP contribution in [0, 0.1) is 25.5 Å². The second-order valence-electron chi connectivity index (χ2n) is 9.11. The van der Waals surface area contributed by atoms with E-state index in [-0.39, 0.29) is 16.2 Å². The van der Waals surface area contributed by atoms with Crippen LogP contribution in [0.1, 0.15) is 32.5 Å². The Morgan fingerprint density at radius 3 is 2.44 bits per heavy atom. The maximum Gasteiger partial charge on any atom is 0.296 e. The molecule has 39 heavy (non-hydrogen) atoms. The maximum absolute atomic E-state index is 14.0. The number of aliphatic hydroxyl groups excluding tert-OH is 1. The average molecular weight is 560 g/mol. The summed E-state index contributed by atoms with van der Waals surface area (Å²) in [5.74, 6) is -4.14. The van der Waals surface area contributed by atoms with Gasteiger partial charge in [-0.3, -0.25) is 14.5 Å². The number of aryl methyl sites for hydroxylation is 2. The third kappa shape index (κ3) is 4.21. The highest BCUT2D eigenvalue weighted by Crippen LogP contribution is 2.45. The van der Waals surface area contributed by atoms with E-state index in [1.165, 1.54) is 16.2 Å². The molecule has 6 rings (SSSR count). The largest absolute Gasteiger partial charge is 0.503 e. The number of rotatable bonds is 5. The van der Waals surface area contributed by atoms with E-state index >= 15 is 0 Å². The molecule has 10 heteroatoms. The molecule has 5 aromatic rings. The molecule has 2 aromatic heterocycles. The van der Waals surface area contributed by atoms with Crippen molar-refractivity contribution >= 4 is 49.7 Å². The Kier molecular flexibility index (Phi) is 6.08. The number of carbonyl (C=O) groups is 2. The number of hydrogen-bond donors (Lipinski definition) is 1. The fraction of sp³-hybridized carbons (Fsp3) is 0.103. The van der Waals surface area contributed by atoms with Crippen molar-refractivity contribution in [3.8, 4) is 10.6 Å². The van der Waals surface area contributed by atoms with Gasteiger partial charge in [0.05, 0.1) is 32.4 Å². The van der Waals surface area contributed by atoms with E-state index in [9.17, 15) is 23.5 Å². The molecule has 1 aliphatic heterocycles. The topological polar surface area (TPSA) is 83.4 Å². The Balaban J connectivity index is 1.49. The number of aromatic nitrogens is 2. The molecule has 6 nitrogen and oxygen atoms in total. The molecule has 0 saturated heterocycles. The van der Waals surface area contributed by atoms with Crippen molar-refractivity contribution < 1.29 is 23.5 Å². The van der Waals surface area contributed by atoms with Crippen LogP contribution in [-0.4, -0.2) is 26.8 Å². The summed E-state index contributed by atoms with van der Waals surface area (Å²) in [5, 5.41) is 11.9. The lowest BCUT2D eigenvalue weighted by atomic mass is 9.94. The standard InChI is InChI=1S/C29H19F2N3O3S2/c1-14-7-6-10-17(11-14)23-22(24(35)26-15(2)32-27(39-26)16-8-4-3-5-9-16)25(36)28(37)34(23)29-33-20-12-18(30)19(31)13-21(20)38-29/h3-13,23,36H,1-2H3. The molecule has 0 fully saturated rings. The zero-order valence-corrected chi connectivity index (χ0v) is 22.2. The number of benzene rings is 3. The van der Waals surface area contributed by atoms with Gasteiger partial charge < -0.3 is 5.11 Å². The number of aliphatic hydroxyl groups is 1. The van der Waals surface area contributed by atoms with E-state index in [0.717, 1.165) is 34.6 Å². The van der Waals surface area contributed by atoms with Crippen molar-refractivity contribution in [1.82, 2.24) is 9.97 Å². The quantitative estimate of drug-likeness (QED) is 0.232. The molecular weight excluding hydrogens is 540 g/mol. The number of carbonyl (C=O) groups excluding carboxylic acids is 2. The van der Waals surface area contributed by atoms with Gasteiger partial charge in [-0.25, -0.2) is 18.7 Å². The van der Waals surface area contributed by atoms with Gasteiger partial charge in [-0.05, 0) is 25.5 Å². The predicted octanol–water partition coefficient (Wildman–Crippen LogP) is 7.10. The predicted molar refractivity (Wildman–Crippen MR) is 147 cm³/mol. The Labute approximate surface area is 229 Å². The van der Waals surface area contributed by atoms with Gasteiger partial charge in [0.2, 0.25) is 5.78 Å². The molecule has 3 aromatic carbocycles. The summed E-state index contributed by atoms with van der Waals surface area (Å²) >= 11 is 2.15. The number of hydrogen-bond acceptors (Lipinski definition) is 7. The Bertz CT molecular complexity index is 1790. The molecule has 194 valence electrons. The number of thiazole rings is 2. The Morgan fingerprint density at radius 1 is 0.949 bits per heavy atom. The van der Waals surface area contributed by atoms with Crippen LogP contribution in [0.15, 0.2) is 78.1 Å². The van der Waals surface area contributed by atoms with E-state index in [0.29, 0.717) is 25.8 Å². The maximum atomic E-state index is 14.0. The van der Waals surface area contributed by atoms with Crippen LogP contribution in [0.2, 0.25) is 0 Å². The first-order valence-electron chi connectivity index (χ1n) is 11.9. The van der Waals surface area contributed by atoms with E-state index < -0.39 is 35.1 Å². The fourth-order valence-electron chi connectivity index (χ4n) is 4.64. The first-order valence-corrected chi connectivity index (χ1v) is 13.5. The summed E-state index contributed by atoms with van der Waals surface area (Å²) in [6, 6.07) is 17.6. The molecule has 0 saturated carbocycles. The van der Waals surface area contributed by atoms with Gasteiger partial charge in [0, 0.05) is 11.6 Å². The van der Waals surface area contributed by atoms with Gasteiger partial charge in [-0.1, -0.05) is 71.5 Å². The first-order chi connectivity index (χ1) is 18.7. The van der Waals surface area contributed by atoms with Gasteiger partial charge in [0.15, 0.2) is 22.5 Å². The average Bonchev–Trinajstić information content (AvgIpc) is 3.58. The van der Waals surface area contributed by atoms with Crippen LogP contribution >= 0.6 is 22.7 Å². The molecule has 3 heterocycles. The van der Waals surface area contributed by atoms with Crippen molar-refractivity contribution in [1.29, 1.82) is 0 Å². The van der Waals surface area contributed by atoms with Crippen LogP contribution in [-0.2, 0) is 4.79 Å². The Hall–Kier alpha value is -4.28. The second-order valence-corrected chi connectivity index (χ2v) is 11.1. The number of Topliss-reactive ketones (excluding diaryl/α,β-unsaturated/α-hetero) is 1. The Morgan fingerprint density at radius 2 is 1.69 bits per heavy atom. The summed E-state index contributed by atoms with van der Waals surface area (Å²) in [4.78, 5) is 38.0. The monoisotopic (exact) mass is 559 g/mol. The van der Waals surface area contributed by atoms with Gasteiger partial charge in [-0.2, -0.15) is 0 Å². The highest BCUT2D eigenvalue weighted by Gasteiger charge is 2.46. The normalized spacial score (nSPS) is 15.5. The highest BCUT2D eigenvalue weighted by atomic mass is 32.1. The minimum atomic E-state index is -1.06. The smallest absolute Gasteiger partial charge is 0.296 e. The molecule has 1 unspecified atom stereocenters. The van der Waals surface area contributed by atoms with Gasteiger partial charge >= 0.3 is 0 Å². The number of amides is 1. The van der Waals surface area contributed by atoms with Crippen molar-refractivity contribution in [2.45, 2.75) is 19.9 Å². The van der Waals surface area contributed by atoms with Gasteiger partial charge in [-0.15, -0.1) is 11.3 Å². The SMILES string of the molecule is Cc1cccc(C2C(C(=O)c3sc(-c4ccccc4)nc3C)=C(O)C(=O)N2c2nc3cc(F)c(F)cc3s2)c1. The summed E-state index contributed by atoms with van der Waals surface area (Å²) < 4.78 is 28.1. The fourth-order valence-corrected chi connectivity index (χ4v) is 6.66. The zero-order chi connectivity index (χ0) is 27.4. The number of fused-ring (bicyclic) bond motifs is 1. The van der Waals surface area contributed by atoms with Crippen molar-refractivity contribution in [2.24, 2.45) is 0 Å². The molecular formula is C29H19F2N3O3S2. The molecule has 1 atom stereocenters. The third-order valence-electron chi connectivity index (χ3n) is 6.46. The van der Waals surface area contributed by atoms with Crippen molar-refractivity contribution in [3.63, 3.8) is 0 Å². The number of ketones is 1. The van der Waals surface area contributed by atoms with E-state index in [1.807, 2.05) is 49.4 Å². The van der Waals surface area contributed by atoms with Crippen LogP contribution in [0.3, 0.4) is 0 Å². The summed E-state index contributed by atoms with van der Waals surface area (Å²) in [6.07, 6.45) is 0. The molecule has 1 N–H and O–H groups in total. The van der Waals surface area contributed by atoms with Crippen molar-refractivity contribution in [2.75, 3.05) is 4.90 Å². The lowest BCUT2D eigenvalue weighted by Gasteiger charge is -2.24. The lowest BCUT2D eigenvalue weighted by Crippen LogP contribution is -2.31. The second kappa shape index (κ2) is 9.48. The molecule has 0 aliphatic carbocycles. The lowest BCUT2D eigenvalue weighted by molar-refractivity contribution is -0.117. The van der Waals surface area contributed by atoms with Crippen LogP contribution < -0.4 is 4.90 Å². The minimum Gasteiger partial charge on any atom is -0.503 e. The van der Waals surface area contributed by atoms with Crippen LogP contribution in [0.4, 0.5) is 13.9 Å². The molecule has 0 spiro atoms. The van der Waals surface area contributed by atoms with Crippen LogP contribution in [0.5, 0.6) is 0 Å². The third-order valence-corrected chi connectivity index (χ3v) is 8.68. The summed E-state index contributed by atoms with van der Waals surface area (Å²) in [7, 11) is 0.